The van der Waals surface area contributed by atoms with Crippen LogP contribution in [0.1, 0.15) is 172 Å². The Balaban J connectivity index is 0.811. The maximum absolute atomic E-state index is 12.4. The van der Waals surface area contributed by atoms with E-state index in [-0.39, 0.29) is 52.8 Å². The molecule has 4 heterocycles. The molecule has 12 aliphatic rings. The predicted octanol–water partition coefficient (Wildman–Crippen LogP) is 10.0. The molecule has 8 aliphatic carbocycles. The number of ether oxygens (including phenoxy) is 3. The summed E-state index contributed by atoms with van der Waals surface area (Å²) in [5.41, 5.74) is 5.31. The second-order valence-corrected chi connectivity index (χ2v) is 30.6. The highest BCUT2D eigenvalue weighted by Gasteiger charge is 2.67. The van der Waals surface area contributed by atoms with Crippen LogP contribution in [-0.2, 0) is 58.0 Å². The molecule has 4 saturated heterocycles. The highest BCUT2D eigenvalue weighted by Crippen LogP contribution is 2.70. The molecular formula is C56H84O16S3. The van der Waals surface area contributed by atoms with Crippen LogP contribution in [0.5, 0.6) is 0 Å². The minimum atomic E-state index is -4.99. The van der Waals surface area contributed by atoms with E-state index in [2.05, 4.69) is 67.5 Å². The first kappa shape index (κ1) is 55.3. The number of hydrogen-bond acceptors (Lipinski definition) is 13. The molecule has 0 amide bonds. The largest absolute Gasteiger partial charge is 0.397 e. The number of rotatable bonds is 12. The molecule has 16 nitrogen and oxygen atoms in total. The lowest BCUT2D eigenvalue weighted by Crippen LogP contribution is -2.66. The molecule has 20 atom stereocenters. The second-order valence-electron chi connectivity index (χ2n) is 27.4. The van der Waals surface area contributed by atoms with Crippen molar-refractivity contribution in [3.05, 3.63) is 45.6 Å². The number of aliphatic hydroxyl groups is 1. The molecule has 1 spiro atoms. The van der Waals surface area contributed by atoms with Crippen LogP contribution in [-0.4, -0.2) is 98.1 Å². The molecule has 75 heavy (non-hydrogen) atoms. The molecular weight excluding hydrogens is 1020 g/mol. The van der Waals surface area contributed by atoms with E-state index >= 15 is 0 Å². The quantitative estimate of drug-likeness (QED) is 0.105. The molecule has 12 rings (SSSR count). The van der Waals surface area contributed by atoms with Gasteiger partial charge in [0.1, 0.15) is 12.2 Å². The van der Waals surface area contributed by atoms with E-state index in [0.717, 1.165) is 76.2 Å². The predicted molar refractivity (Wildman–Crippen MR) is 277 cm³/mol. The summed E-state index contributed by atoms with van der Waals surface area (Å²) in [5.74, 6) is -0.669. The SMILES string of the molecule is CC1C2[C@@H](OS(=O)(=O)O)CC3=C(CC[C@@]4(C)C3=CC[C@@H]4[C@H](C)CC[C@@H]3O[C@@H]([C@@H](C)[C@H]4CCC5C6=C(CC[C@@]54C)[C@@]4(C)C[C@H](OS(=O)(=O)O)[C@H](OS(=O)(=O)O)[C@H](C)C4=CC6)C[C@H]4C[C@]3(C)OC4(C)C)[C@@]23CC[C@]1(O)OC3. The normalized spacial score (nSPS) is 47.9. The van der Waals surface area contributed by atoms with Gasteiger partial charge in [0.25, 0.3) is 0 Å². The standard InChI is InChI=1S/C56H84O16S3/c1-30(37-14-16-41-36-26-45(69-73(58,59)60)48-33(4)56(57)24-23-55(48,29-67-56)43(36)20-22-51(37,41)7)11-18-47-54(10)27-34(50(5,6)72-54)25-44(68-47)31(2)38-15-17-40-35-12-13-39-32(3)49(71-75(64,65)66)46(70-74(61,62)63)28-53(39,9)42(35)19-21-52(38,40)8/h13,16,30-34,37-38,40,44-49,57H,11-12,14-15,17-29H2,1-10H3,(H,58,59,60)(H,61,62,63)(H,64,65,66)/t30-,31+,32-,33?,34+,37-,38-,40?,44-,45+,46+,47+,48?,49-,51-,52-,53+,54+,55+,56+/m1/s1. The molecule has 4 N–H and O–H groups in total. The van der Waals surface area contributed by atoms with Crippen LogP contribution in [0.2, 0.25) is 0 Å². The van der Waals surface area contributed by atoms with Crippen molar-refractivity contribution >= 4 is 31.2 Å². The van der Waals surface area contributed by atoms with Gasteiger partial charge in [-0.1, -0.05) is 82.9 Å². The maximum Gasteiger partial charge on any atom is 0.397 e. The third-order valence-electron chi connectivity index (χ3n) is 23.5. The van der Waals surface area contributed by atoms with E-state index < -0.39 is 77.6 Å². The Morgan fingerprint density at radius 3 is 2.15 bits per heavy atom. The van der Waals surface area contributed by atoms with Gasteiger partial charge < -0.3 is 19.3 Å². The molecule has 0 aromatic rings. The zero-order chi connectivity index (χ0) is 54.2. The first-order valence-electron chi connectivity index (χ1n) is 28.2. The third kappa shape index (κ3) is 8.85. The molecule has 4 aliphatic heterocycles. The van der Waals surface area contributed by atoms with Crippen LogP contribution < -0.4 is 0 Å². The average Bonchev–Trinajstić information content (AvgIpc) is 3.87. The van der Waals surface area contributed by atoms with Crippen molar-refractivity contribution in [2.75, 3.05) is 6.61 Å². The Bertz CT molecular complexity index is 2830. The van der Waals surface area contributed by atoms with E-state index in [4.69, 9.17) is 26.8 Å². The lowest BCUT2D eigenvalue weighted by atomic mass is 9.47. The Morgan fingerprint density at radius 2 is 1.48 bits per heavy atom. The first-order chi connectivity index (χ1) is 34.7. The van der Waals surface area contributed by atoms with E-state index in [1.807, 2.05) is 6.92 Å². The smallest absolute Gasteiger partial charge is 0.372 e. The van der Waals surface area contributed by atoms with Crippen LogP contribution >= 0.6 is 0 Å². The summed E-state index contributed by atoms with van der Waals surface area (Å²) in [7, 11) is -14.7. The molecule has 3 saturated carbocycles. The maximum atomic E-state index is 12.4. The van der Waals surface area contributed by atoms with Gasteiger partial charge in [-0.25, -0.2) is 12.5 Å². The molecule has 422 valence electrons. The molecule has 0 aromatic heterocycles. The number of hydrogen-bond donors (Lipinski definition) is 4. The van der Waals surface area contributed by atoms with Crippen LogP contribution in [0.15, 0.2) is 45.6 Å². The van der Waals surface area contributed by atoms with Crippen molar-refractivity contribution in [3.63, 3.8) is 0 Å². The zero-order valence-electron chi connectivity index (χ0n) is 45.7. The van der Waals surface area contributed by atoms with Gasteiger partial charge in [0, 0.05) is 41.4 Å². The Labute approximate surface area is 446 Å². The van der Waals surface area contributed by atoms with E-state index in [1.54, 1.807) is 6.92 Å². The van der Waals surface area contributed by atoms with Crippen molar-refractivity contribution < 1.29 is 70.8 Å². The monoisotopic (exact) mass is 1110 g/mol. The Hall–Kier alpha value is -1.59. The van der Waals surface area contributed by atoms with E-state index in [9.17, 15) is 44.0 Å². The molecule has 19 heteroatoms. The van der Waals surface area contributed by atoms with Crippen LogP contribution in [0.25, 0.3) is 0 Å². The lowest BCUT2D eigenvalue weighted by molar-refractivity contribution is -0.340. The molecule has 0 aromatic carbocycles. The van der Waals surface area contributed by atoms with Crippen molar-refractivity contribution in [1.29, 1.82) is 0 Å². The molecule has 0 radical (unpaired) electrons. The van der Waals surface area contributed by atoms with Crippen LogP contribution in [0, 0.1) is 74.9 Å². The minimum absolute atomic E-state index is 0.0201. The van der Waals surface area contributed by atoms with Gasteiger partial charge >= 0.3 is 31.2 Å². The van der Waals surface area contributed by atoms with Gasteiger partial charge in [0.05, 0.1) is 36.1 Å². The minimum Gasteiger partial charge on any atom is -0.372 e. The fourth-order valence-corrected chi connectivity index (χ4v) is 21.6. The summed E-state index contributed by atoms with van der Waals surface area (Å²) in [6.45, 7) is 22.5. The average molecular weight is 1110 g/mol. The van der Waals surface area contributed by atoms with Crippen LogP contribution in [0.3, 0.4) is 0 Å². The van der Waals surface area contributed by atoms with Crippen molar-refractivity contribution in [2.45, 2.75) is 219 Å². The lowest BCUT2D eigenvalue weighted by Gasteiger charge is -2.64. The van der Waals surface area contributed by atoms with E-state index in [1.165, 1.54) is 27.9 Å². The summed E-state index contributed by atoms with van der Waals surface area (Å²) < 4.78 is 139. The zero-order valence-corrected chi connectivity index (χ0v) is 48.1. The topological polar surface area (TPSA) is 239 Å². The van der Waals surface area contributed by atoms with Gasteiger partial charge in [0.2, 0.25) is 0 Å². The van der Waals surface area contributed by atoms with Gasteiger partial charge in [-0.05, 0) is 168 Å². The third-order valence-corrected chi connectivity index (χ3v) is 25.0. The van der Waals surface area contributed by atoms with Crippen LogP contribution in [0.4, 0.5) is 0 Å². The highest BCUT2D eigenvalue weighted by molar-refractivity contribution is 7.81. The fourth-order valence-electron chi connectivity index (χ4n) is 20.1. The summed E-state index contributed by atoms with van der Waals surface area (Å²) in [5, 5.41) is 11.5. The molecule has 4 bridgehead atoms. The second kappa shape index (κ2) is 18.0. The van der Waals surface area contributed by atoms with Gasteiger partial charge in [-0.3, -0.25) is 13.7 Å². The number of allylic oxidation sites excluding steroid dienone is 5. The van der Waals surface area contributed by atoms with Gasteiger partial charge in [-0.2, -0.15) is 25.3 Å². The number of fused-ring (bicyclic) bond motifs is 10. The Morgan fingerprint density at radius 1 is 0.800 bits per heavy atom. The summed E-state index contributed by atoms with van der Waals surface area (Å²) in [6, 6.07) is 0. The van der Waals surface area contributed by atoms with Crippen molar-refractivity contribution in [2.24, 2.45) is 74.9 Å². The van der Waals surface area contributed by atoms with E-state index in [0.29, 0.717) is 61.9 Å². The fraction of sp³-hybridized carbons (Fsp3) is 0.857. The highest BCUT2D eigenvalue weighted by atomic mass is 32.3. The molecule has 7 fully saturated rings. The van der Waals surface area contributed by atoms with Crippen molar-refractivity contribution in [1.82, 2.24) is 0 Å². The van der Waals surface area contributed by atoms with Gasteiger partial charge in [0.15, 0.2) is 5.79 Å². The first-order valence-corrected chi connectivity index (χ1v) is 32.3. The van der Waals surface area contributed by atoms with Crippen molar-refractivity contribution in [3.8, 4) is 0 Å². The summed E-state index contributed by atoms with van der Waals surface area (Å²) in [6.07, 6.45) is 13.5. The Kier molecular flexibility index (Phi) is 13.2. The summed E-state index contributed by atoms with van der Waals surface area (Å²) in [4.78, 5) is 0. The van der Waals surface area contributed by atoms with Gasteiger partial charge in [-0.15, -0.1) is 0 Å². The molecule has 3 unspecified atom stereocenters. The summed E-state index contributed by atoms with van der Waals surface area (Å²) >= 11 is 0.